The Hall–Kier alpha value is -1.58. The molecule has 0 saturated carbocycles. The van der Waals surface area contributed by atoms with Crippen molar-refractivity contribution in [1.82, 2.24) is 5.32 Å². The lowest BCUT2D eigenvalue weighted by Crippen LogP contribution is -2.30. The van der Waals surface area contributed by atoms with Crippen LogP contribution in [0.3, 0.4) is 0 Å². The summed E-state index contributed by atoms with van der Waals surface area (Å²) in [5, 5.41) is 2.17. The molecule has 2 amide bonds. The van der Waals surface area contributed by atoms with Gasteiger partial charge < -0.3 is 11.1 Å². The van der Waals surface area contributed by atoms with E-state index in [1.54, 1.807) is 0 Å². The van der Waals surface area contributed by atoms with Crippen LogP contribution in [0.4, 0.5) is 0 Å². The molecule has 0 aliphatic carbocycles. The zero-order chi connectivity index (χ0) is 9.02. The first kappa shape index (κ1) is 9.42. The number of hydrogen-bond donors (Lipinski definition) is 2. The summed E-state index contributed by atoms with van der Waals surface area (Å²) >= 11 is 0. The van der Waals surface area contributed by atoms with Crippen LogP contribution in [0, 0.1) is 0 Å². The molecule has 0 unspecified atom stereocenters. The molecule has 0 bridgehead atoms. The van der Waals surface area contributed by atoms with E-state index in [-0.39, 0.29) is 5.70 Å². The monoisotopic (exact) mass is 154 g/mol. The Morgan fingerprint density at radius 1 is 1.36 bits per heavy atom. The van der Waals surface area contributed by atoms with E-state index in [1.807, 2.05) is 0 Å². The van der Waals surface area contributed by atoms with Crippen LogP contribution in [-0.4, -0.2) is 11.8 Å². The van der Waals surface area contributed by atoms with E-state index in [0.29, 0.717) is 5.57 Å². The highest BCUT2D eigenvalue weighted by Crippen LogP contribution is 1.89. The lowest BCUT2D eigenvalue weighted by Gasteiger charge is -2.02. The van der Waals surface area contributed by atoms with Crippen LogP contribution in [0.1, 0.15) is 6.92 Å². The highest BCUT2D eigenvalue weighted by molar-refractivity contribution is 6.00. The molecule has 0 aromatic heterocycles. The number of primary amides is 1. The van der Waals surface area contributed by atoms with Crippen molar-refractivity contribution < 1.29 is 9.59 Å². The Kier molecular flexibility index (Phi) is 3.04. The fraction of sp³-hybridized carbons (Fsp3) is 0.143. The van der Waals surface area contributed by atoms with Gasteiger partial charge in [-0.3, -0.25) is 9.59 Å². The highest BCUT2D eigenvalue weighted by Gasteiger charge is 2.06. The predicted molar refractivity (Wildman–Crippen MR) is 41.3 cm³/mol. The maximum atomic E-state index is 10.8. The third-order valence-corrected chi connectivity index (χ3v) is 0.949. The van der Waals surface area contributed by atoms with Gasteiger partial charge in [-0.05, 0) is 6.92 Å². The lowest BCUT2D eigenvalue weighted by molar-refractivity contribution is -0.120. The van der Waals surface area contributed by atoms with Crippen molar-refractivity contribution in [1.29, 1.82) is 0 Å². The van der Waals surface area contributed by atoms with Gasteiger partial charge in [0.15, 0.2) is 0 Å². The molecular formula is C7H10N2O2. The van der Waals surface area contributed by atoms with Crippen molar-refractivity contribution in [3.8, 4) is 0 Å². The molecule has 0 aromatic rings. The summed E-state index contributed by atoms with van der Waals surface area (Å²) < 4.78 is 0. The zero-order valence-electron chi connectivity index (χ0n) is 6.31. The molecule has 0 saturated heterocycles. The maximum absolute atomic E-state index is 10.8. The van der Waals surface area contributed by atoms with Crippen molar-refractivity contribution in [2.45, 2.75) is 6.92 Å². The molecule has 0 aliphatic heterocycles. The number of nitrogens with one attached hydrogen (secondary N) is 1. The smallest absolute Gasteiger partial charge is 0.264 e. The molecule has 0 aliphatic rings. The van der Waals surface area contributed by atoms with Crippen molar-refractivity contribution >= 4 is 11.8 Å². The lowest BCUT2D eigenvalue weighted by atomic mass is 10.3. The standard InChI is InChI=1S/C7H10N2O2/c1-4(2)7(11)9-5(3)6(8)10/h1,3H2,2H3,(H2,8,10)(H,9,11). The van der Waals surface area contributed by atoms with E-state index in [0.717, 1.165) is 0 Å². The summed E-state index contributed by atoms with van der Waals surface area (Å²) in [6.07, 6.45) is 0. The largest absolute Gasteiger partial charge is 0.364 e. The fourth-order valence-electron chi connectivity index (χ4n) is 0.305. The van der Waals surface area contributed by atoms with E-state index >= 15 is 0 Å². The number of carbonyl (C=O) groups excluding carboxylic acids is 2. The number of rotatable bonds is 3. The van der Waals surface area contributed by atoms with Gasteiger partial charge in [-0.15, -0.1) is 0 Å². The Morgan fingerprint density at radius 3 is 2.09 bits per heavy atom. The first-order valence-electron chi connectivity index (χ1n) is 2.90. The second kappa shape index (κ2) is 3.55. The summed E-state index contributed by atoms with van der Waals surface area (Å²) in [4.78, 5) is 21.1. The topological polar surface area (TPSA) is 72.2 Å². The molecule has 0 atom stereocenters. The number of nitrogens with two attached hydrogens (primary N) is 1. The van der Waals surface area contributed by atoms with Crippen molar-refractivity contribution in [3.63, 3.8) is 0 Å². The molecule has 4 nitrogen and oxygen atoms in total. The summed E-state index contributed by atoms with van der Waals surface area (Å²) in [6, 6.07) is 0. The molecule has 0 aromatic carbocycles. The number of amides is 2. The van der Waals surface area contributed by atoms with Crippen LogP contribution in [0.5, 0.6) is 0 Å². The highest BCUT2D eigenvalue weighted by atomic mass is 16.2. The number of hydrogen-bond acceptors (Lipinski definition) is 2. The summed E-state index contributed by atoms with van der Waals surface area (Å²) in [5.74, 6) is -1.20. The van der Waals surface area contributed by atoms with Gasteiger partial charge in [0, 0.05) is 5.57 Å². The van der Waals surface area contributed by atoms with E-state index < -0.39 is 11.8 Å². The molecule has 3 N–H and O–H groups in total. The Morgan fingerprint density at radius 2 is 1.82 bits per heavy atom. The Balaban J connectivity index is 4.07. The van der Waals surface area contributed by atoms with Gasteiger partial charge in [0.25, 0.3) is 11.8 Å². The van der Waals surface area contributed by atoms with Crippen molar-refractivity contribution in [2.24, 2.45) is 5.73 Å². The molecule has 0 rings (SSSR count). The molecule has 4 heteroatoms. The van der Waals surface area contributed by atoms with Crippen LogP contribution in [0.2, 0.25) is 0 Å². The average Bonchev–Trinajstić information content (AvgIpc) is 1.87. The third kappa shape index (κ3) is 3.20. The van der Waals surface area contributed by atoms with Crippen molar-refractivity contribution in [2.75, 3.05) is 0 Å². The van der Waals surface area contributed by atoms with Crippen LogP contribution in [0.25, 0.3) is 0 Å². The average molecular weight is 154 g/mol. The first-order chi connectivity index (χ1) is 4.95. The molecule has 0 spiro atoms. The quantitative estimate of drug-likeness (QED) is 0.547. The minimum absolute atomic E-state index is 0.127. The maximum Gasteiger partial charge on any atom is 0.264 e. The molecule has 0 fully saturated rings. The Bertz CT molecular complexity index is 207. The van der Waals surface area contributed by atoms with Crippen LogP contribution < -0.4 is 11.1 Å². The van der Waals surface area contributed by atoms with Crippen LogP contribution >= 0.6 is 0 Å². The van der Waals surface area contributed by atoms with Crippen LogP contribution in [0.15, 0.2) is 24.4 Å². The molecule has 60 valence electrons. The minimum atomic E-state index is -0.750. The van der Waals surface area contributed by atoms with Gasteiger partial charge in [-0.2, -0.15) is 0 Å². The van der Waals surface area contributed by atoms with Gasteiger partial charge >= 0.3 is 0 Å². The Labute approximate surface area is 64.8 Å². The van der Waals surface area contributed by atoms with Crippen LogP contribution in [-0.2, 0) is 9.59 Å². The van der Waals surface area contributed by atoms with Gasteiger partial charge in [-0.1, -0.05) is 13.2 Å². The van der Waals surface area contributed by atoms with E-state index in [9.17, 15) is 9.59 Å². The summed E-state index contributed by atoms with van der Waals surface area (Å²) in [7, 11) is 0. The second-order valence-electron chi connectivity index (χ2n) is 2.08. The molecule has 0 radical (unpaired) electrons. The van der Waals surface area contributed by atoms with Crippen molar-refractivity contribution in [3.05, 3.63) is 24.4 Å². The molecular weight excluding hydrogens is 144 g/mol. The summed E-state index contributed by atoms with van der Waals surface area (Å²) in [6.45, 7) is 8.11. The first-order valence-corrected chi connectivity index (χ1v) is 2.90. The molecule has 11 heavy (non-hydrogen) atoms. The zero-order valence-corrected chi connectivity index (χ0v) is 6.31. The fourth-order valence-corrected chi connectivity index (χ4v) is 0.305. The summed E-state index contributed by atoms with van der Waals surface area (Å²) in [5.41, 5.74) is 4.97. The number of carbonyl (C=O) groups is 2. The van der Waals surface area contributed by atoms with E-state index in [2.05, 4.69) is 18.5 Å². The van der Waals surface area contributed by atoms with Gasteiger partial charge in [0.2, 0.25) is 0 Å². The minimum Gasteiger partial charge on any atom is -0.364 e. The van der Waals surface area contributed by atoms with Gasteiger partial charge in [0.05, 0.1) is 5.70 Å². The second-order valence-corrected chi connectivity index (χ2v) is 2.08. The predicted octanol–water partition coefficient (Wildman–Crippen LogP) is -0.322. The third-order valence-electron chi connectivity index (χ3n) is 0.949. The van der Waals surface area contributed by atoms with E-state index in [1.165, 1.54) is 6.92 Å². The van der Waals surface area contributed by atoms with Gasteiger partial charge in [0.1, 0.15) is 0 Å². The van der Waals surface area contributed by atoms with E-state index in [4.69, 9.17) is 5.73 Å². The normalized spacial score (nSPS) is 8.45. The van der Waals surface area contributed by atoms with Gasteiger partial charge in [-0.25, -0.2) is 0 Å². The molecule has 0 heterocycles. The SMILES string of the molecule is C=C(C)C(=O)NC(=C)C(N)=O.